The first-order valence-electron chi connectivity index (χ1n) is 21.0. The van der Waals surface area contributed by atoms with Crippen LogP contribution in [0.25, 0.3) is 0 Å². The van der Waals surface area contributed by atoms with Crippen LogP contribution in [-0.4, -0.2) is 99.1 Å². The SMILES string of the molecule is C.CC.CC(C)C1CCCCN1C.CC(C)C1CCCN(C)C1.CC(C)C1CCCN1C.CC(C)C1CCN(C)C1.CC(C)c1ccccc1. The summed E-state index contributed by atoms with van der Waals surface area (Å²) in [5.41, 5.74) is 1.41. The predicted molar refractivity (Wildman–Crippen MR) is 230 cm³/mol. The van der Waals surface area contributed by atoms with Crippen LogP contribution in [0.2, 0.25) is 0 Å². The van der Waals surface area contributed by atoms with Crippen LogP contribution in [0.3, 0.4) is 0 Å². The Labute approximate surface area is 317 Å². The number of hydrogen-bond acceptors (Lipinski definition) is 4. The van der Waals surface area contributed by atoms with Crippen molar-refractivity contribution in [2.24, 2.45) is 35.5 Å². The standard InChI is InChI=1S/2C9H19N.C9H12.2C8H17N.C2H6.CH4/c1-8(2)9-5-4-6-10(3)7-9;1-8(2)9-6-4-5-7-10(9)3;1-8(2)9-6-4-3-5-7-9;1-7(2)8-4-5-9(3)6-8;1-7(2)8-5-4-6-9(8)3;1-2;/h2*8-9H,4-7H2,1-3H3;3-8H,1-2H3;2*7-8H,4-6H2,1-3H3;1-2H3;1H4. The summed E-state index contributed by atoms with van der Waals surface area (Å²) < 4.78 is 0. The number of rotatable bonds is 5. The summed E-state index contributed by atoms with van der Waals surface area (Å²) in [5.74, 6) is 6.03. The highest BCUT2D eigenvalue weighted by molar-refractivity contribution is 5.17. The third-order valence-electron chi connectivity index (χ3n) is 11.4. The van der Waals surface area contributed by atoms with Gasteiger partial charge >= 0.3 is 0 Å². The minimum absolute atomic E-state index is 0. The van der Waals surface area contributed by atoms with E-state index in [1.165, 1.54) is 96.2 Å². The molecule has 50 heavy (non-hydrogen) atoms. The van der Waals surface area contributed by atoms with Gasteiger partial charge in [-0.15, -0.1) is 0 Å². The zero-order valence-corrected chi connectivity index (χ0v) is 36.3. The molecule has 0 amide bonds. The van der Waals surface area contributed by atoms with Crippen molar-refractivity contribution in [3.05, 3.63) is 35.9 Å². The fourth-order valence-electron chi connectivity index (χ4n) is 7.82. The maximum absolute atomic E-state index is 2.51. The average molecular weight is 703 g/mol. The van der Waals surface area contributed by atoms with Gasteiger partial charge in [0.2, 0.25) is 0 Å². The molecule has 0 saturated carbocycles. The van der Waals surface area contributed by atoms with E-state index in [9.17, 15) is 0 Å². The number of benzene rings is 1. The number of nitrogens with zero attached hydrogens (tertiary/aromatic N) is 4. The van der Waals surface area contributed by atoms with E-state index in [0.29, 0.717) is 5.92 Å². The molecule has 1 aromatic rings. The highest BCUT2D eigenvalue weighted by Gasteiger charge is 2.24. The van der Waals surface area contributed by atoms with Gasteiger partial charge in [-0.3, -0.25) is 0 Å². The highest BCUT2D eigenvalue weighted by Crippen LogP contribution is 2.24. The Morgan fingerprint density at radius 2 is 0.900 bits per heavy atom. The Hall–Kier alpha value is -0.940. The lowest BCUT2D eigenvalue weighted by Crippen LogP contribution is -2.39. The summed E-state index contributed by atoms with van der Waals surface area (Å²) in [7, 11) is 8.93. The van der Waals surface area contributed by atoms with Gasteiger partial charge in [-0.2, -0.15) is 0 Å². The van der Waals surface area contributed by atoms with E-state index in [4.69, 9.17) is 0 Å². The number of hydrogen-bond donors (Lipinski definition) is 0. The van der Waals surface area contributed by atoms with Crippen molar-refractivity contribution in [1.29, 1.82) is 0 Å². The smallest absolute Gasteiger partial charge is 0.0116 e. The Balaban J connectivity index is 0. The zero-order chi connectivity index (χ0) is 37.5. The minimum Gasteiger partial charge on any atom is -0.306 e. The number of likely N-dealkylation sites (tertiary alicyclic amines) is 4. The van der Waals surface area contributed by atoms with Gasteiger partial charge in [-0.25, -0.2) is 0 Å². The summed E-state index contributed by atoms with van der Waals surface area (Å²) in [6, 6.07) is 12.2. The van der Waals surface area contributed by atoms with Gasteiger partial charge < -0.3 is 19.6 Å². The molecule has 4 aliphatic heterocycles. The van der Waals surface area contributed by atoms with E-state index in [-0.39, 0.29) is 7.43 Å². The average Bonchev–Trinajstić information content (AvgIpc) is 3.72. The molecule has 4 nitrogen and oxygen atoms in total. The third kappa shape index (κ3) is 22.2. The first-order chi connectivity index (χ1) is 23.1. The van der Waals surface area contributed by atoms with Crippen molar-refractivity contribution >= 4 is 0 Å². The molecule has 4 unspecified atom stereocenters. The summed E-state index contributed by atoms with van der Waals surface area (Å²) in [4.78, 5) is 9.86. The van der Waals surface area contributed by atoms with Crippen LogP contribution in [-0.2, 0) is 0 Å². The van der Waals surface area contributed by atoms with Crippen molar-refractivity contribution in [3.8, 4) is 0 Å². The van der Waals surface area contributed by atoms with Gasteiger partial charge in [0.15, 0.2) is 0 Å². The second-order valence-corrected chi connectivity index (χ2v) is 17.3. The van der Waals surface area contributed by atoms with Crippen LogP contribution >= 0.6 is 0 Å². The Morgan fingerprint density at radius 1 is 0.480 bits per heavy atom. The van der Waals surface area contributed by atoms with Gasteiger partial charge in [0.25, 0.3) is 0 Å². The summed E-state index contributed by atoms with van der Waals surface area (Å²) in [6.45, 7) is 34.9. The van der Waals surface area contributed by atoms with Crippen LogP contribution in [0.4, 0.5) is 0 Å². The Bertz CT molecular complexity index is 866. The van der Waals surface area contributed by atoms with E-state index in [2.05, 4.69) is 141 Å². The van der Waals surface area contributed by atoms with E-state index in [0.717, 1.165) is 47.6 Å². The topological polar surface area (TPSA) is 13.0 Å². The molecule has 4 heterocycles. The van der Waals surface area contributed by atoms with E-state index in [1.807, 2.05) is 19.9 Å². The molecular formula is C46H94N4. The minimum atomic E-state index is 0. The molecule has 4 fully saturated rings. The van der Waals surface area contributed by atoms with Gasteiger partial charge in [0.05, 0.1) is 0 Å². The predicted octanol–water partition coefficient (Wildman–Crippen LogP) is 11.9. The molecular weight excluding hydrogens is 609 g/mol. The first-order valence-corrected chi connectivity index (χ1v) is 21.0. The number of piperidine rings is 2. The summed E-state index contributed by atoms with van der Waals surface area (Å²) in [5, 5.41) is 0. The van der Waals surface area contributed by atoms with E-state index in [1.54, 1.807) is 0 Å². The lowest BCUT2D eigenvalue weighted by Gasteiger charge is -2.35. The van der Waals surface area contributed by atoms with E-state index < -0.39 is 0 Å². The second-order valence-electron chi connectivity index (χ2n) is 17.3. The van der Waals surface area contributed by atoms with Crippen molar-refractivity contribution in [2.75, 3.05) is 67.5 Å². The molecule has 4 atom stereocenters. The molecule has 0 aromatic heterocycles. The fraction of sp³-hybridized carbons (Fsp3) is 0.870. The van der Waals surface area contributed by atoms with Crippen LogP contribution in [0.1, 0.15) is 153 Å². The molecule has 1 aromatic carbocycles. The molecule has 0 spiro atoms. The Morgan fingerprint density at radius 3 is 1.18 bits per heavy atom. The normalized spacial score (nSPS) is 24.5. The molecule has 0 bridgehead atoms. The van der Waals surface area contributed by atoms with Gasteiger partial charge in [0, 0.05) is 25.2 Å². The van der Waals surface area contributed by atoms with Crippen molar-refractivity contribution in [2.45, 2.75) is 160 Å². The van der Waals surface area contributed by atoms with Crippen LogP contribution in [0.5, 0.6) is 0 Å². The maximum atomic E-state index is 2.51. The monoisotopic (exact) mass is 703 g/mol. The molecule has 4 aliphatic rings. The highest BCUT2D eigenvalue weighted by atomic mass is 15.1. The lowest BCUT2D eigenvalue weighted by atomic mass is 9.88. The molecule has 0 radical (unpaired) electrons. The quantitative estimate of drug-likeness (QED) is 0.303. The first kappa shape index (κ1) is 51.2. The van der Waals surface area contributed by atoms with Gasteiger partial charge in [0.1, 0.15) is 0 Å². The zero-order valence-electron chi connectivity index (χ0n) is 36.3. The van der Waals surface area contributed by atoms with Crippen LogP contribution in [0, 0.1) is 35.5 Å². The largest absolute Gasteiger partial charge is 0.306 e. The molecule has 4 saturated heterocycles. The molecule has 298 valence electrons. The molecule has 0 N–H and O–H groups in total. The maximum Gasteiger partial charge on any atom is 0.0116 e. The van der Waals surface area contributed by atoms with Crippen LogP contribution in [0.15, 0.2) is 30.3 Å². The van der Waals surface area contributed by atoms with E-state index >= 15 is 0 Å². The second kappa shape index (κ2) is 29.5. The molecule has 0 aliphatic carbocycles. The Kier molecular flexibility index (Phi) is 30.2. The van der Waals surface area contributed by atoms with Crippen molar-refractivity contribution < 1.29 is 0 Å². The van der Waals surface area contributed by atoms with Gasteiger partial charge in [-0.1, -0.05) is 127 Å². The van der Waals surface area contributed by atoms with Crippen molar-refractivity contribution in [1.82, 2.24) is 19.6 Å². The van der Waals surface area contributed by atoms with Crippen molar-refractivity contribution in [3.63, 3.8) is 0 Å². The third-order valence-corrected chi connectivity index (χ3v) is 11.4. The van der Waals surface area contributed by atoms with Crippen LogP contribution < -0.4 is 0 Å². The lowest BCUT2D eigenvalue weighted by molar-refractivity contribution is 0.144. The summed E-state index contributed by atoms with van der Waals surface area (Å²) >= 11 is 0. The summed E-state index contributed by atoms with van der Waals surface area (Å²) in [6.07, 6.45) is 11.3. The van der Waals surface area contributed by atoms with Gasteiger partial charge in [-0.05, 0) is 146 Å². The fourth-order valence-corrected chi connectivity index (χ4v) is 7.82. The molecule has 5 rings (SSSR count). The molecule has 4 heteroatoms.